The summed E-state index contributed by atoms with van der Waals surface area (Å²) in [6.07, 6.45) is 0.272. The van der Waals surface area contributed by atoms with Crippen LogP contribution in [0, 0.1) is 5.41 Å². The summed E-state index contributed by atoms with van der Waals surface area (Å²) in [4.78, 5) is 4.59. The highest BCUT2D eigenvalue weighted by Gasteiger charge is 2.23. The van der Waals surface area contributed by atoms with Gasteiger partial charge in [-0.05, 0) is 5.41 Å². The molecule has 0 radical (unpaired) electrons. The number of aromatic nitrogens is 1. The van der Waals surface area contributed by atoms with Gasteiger partial charge in [0.05, 0.1) is 16.8 Å². The van der Waals surface area contributed by atoms with Gasteiger partial charge in [-0.1, -0.05) is 51.1 Å². The lowest BCUT2D eigenvalue weighted by Gasteiger charge is -2.24. The van der Waals surface area contributed by atoms with Gasteiger partial charge in [0.2, 0.25) is 0 Å². The number of nitrogens with zero attached hydrogens (tertiary/aromatic N) is 1. The van der Waals surface area contributed by atoms with Crippen LogP contribution in [0.25, 0.3) is 11.3 Å². The summed E-state index contributed by atoms with van der Waals surface area (Å²) in [6.45, 7) is 6.14. The molecule has 1 atom stereocenters. The van der Waals surface area contributed by atoms with E-state index in [9.17, 15) is 5.11 Å². The molecule has 0 aliphatic carbocycles. The Kier molecular flexibility index (Phi) is 3.83. The Morgan fingerprint density at radius 1 is 1.22 bits per heavy atom. The maximum atomic E-state index is 10.1. The van der Waals surface area contributed by atoms with Gasteiger partial charge in [-0.2, -0.15) is 0 Å². The second-order valence-electron chi connectivity index (χ2n) is 5.58. The fraction of sp³-hybridized carbons (Fsp3) is 0.400. The average Bonchev–Trinajstić information content (AvgIpc) is 2.77. The largest absolute Gasteiger partial charge is 0.392 e. The highest BCUT2D eigenvalue weighted by Crippen LogP contribution is 2.26. The van der Waals surface area contributed by atoms with Gasteiger partial charge in [0.15, 0.2) is 0 Å². The third-order valence-corrected chi connectivity index (χ3v) is 3.86. The molecule has 1 heterocycles. The summed E-state index contributed by atoms with van der Waals surface area (Å²) in [5.41, 5.74) is 2.03. The standard InChI is InChI=1S/C15H19NOS/c1-15(2,3)13(17)9-14-16-12(10-18-14)11-7-5-4-6-8-11/h4-8,10,13,17H,9H2,1-3H3. The molecule has 0 bridgehead atoms. The fourth-order valence-electron chi connectivity index (χ4n) is 1.62. The smallest absolute Gasteiger partial charge is 0.0958 e. The molecule has 96 valence electrons. The van der Waals surface area contributed by atoms with Crippen LogP contribution in [0.3, 0.4) is 0 Å². The van der Waals surface area contributed by atoms with Crippen LogP contribution in [-0.2, 0) is 6.42 Å². The van der Waals surface area contributed by atoms with Crippen molar-refractivity contribution in [2.75, 3.05) is 0 Å². The molecule has 0 aliphatic heterocycles. The zero-order valence-electron chi connectivity index (χ0n) is 11.1. The van der Waals surface area contributed by atoms with Gasteiger partial charge in [-0.3, -0.25) is 0 Å². The number of hydrogen-bond acceptors (Lipinski definition) is 3. The Labute approximate surface area is 112 Å². The first-order valence-corrected chi connectivity index (χ1v) is 7.02. The normalized spacial score (nSPS) is 13.6. The minimum atomic E-state index is -0.354. The van der Waals surface area contributed by atoms with E-state index in [1.807, 2.05) is 39.0 Å². The molecule has 1 unspecified atom stereocenters. The molecular weight excluding hydrogens is 242 g/mol. The number of aliphatic hydroxyl groups excluding tert-OH is 1. The van der Waals surface area contributed by atoms with E-state index in [1.165, 1.54) is 0 Å². The van der Waals surface area contributed by atoms with E-state index in [-0.39, 0.29) is 11.5 Å². The monoisotopic (exact) mass is 261 g/mol. The maximum Gasteiger partial charge on any atom is 0.0958 e. The van der Waals surface area contributed by atoms with Crippen molar-refractivity contribution in [1.82, 2.24) is 4.98 Å². The molecule has 0 spiro atoms. The van der Waals surface area contributed by atoms with Gasteiger partial charge >= 0.3 is 0 Å². The Bertz CT molecular complexity index is 499. The molecule has 0 saturated heterocycles. The van der Waals surface area contributed by atoms with E-state index in [1.54, 1.807) is 11.3 Å². The van der Waals surface area contributed by atoms with Gasteiger partial charge in [0, 0.05) is 17.4 Å². The fourth-order valence-corrected chi connectivity index (χ4v) is 2.46. The molecule has 18 heavy (non-hydrogen) atoms. The van der Waals surface area contributed by atoms with Crippen molar-refractivity contribution in [1.29, 1.82) is 0 Å². The zero-order chi connectivity index (χ0) is 13.2. The lowest BCUT2D eigenvalue weighted by molar-refractivity contribution is 0.0636. The molecule has 0 saturated carbocycles. The maximum absolute atomic E-state index is 10.1. The van der Waals surface area contributed by atoms with Crippen LogP contribution in [0.5, 0.6) is 0 Å². The van der Waals surface area contributed by atoms with Crippen LogP contribution in [0.1, 0.15) is 25.8 Å². The molecule has 0 fully saturated rings. The summed E-state index contributed by atoms with van der Waals surface area (Å²) >= 11 is 1.62. The molecule has 1 aromatic carbocycles. The van der Waals surface area contributed by atoms with Crippen LogP contribution < -0.4 is 0 Å². The first kappa shape index (κ1) is 13.2. The molecule has 2 nitrogen and oxygen atoms in total. The van der Waals surface area contributed by atoms with E-state index in [0.717, 1.165) is 16.3 Å². The number of rotatable bonds is 3. The van der Waals surface area contributed by atoms with Gasteiger partial charge in [0.25, 0.3) is 0 Å². The summed E-state index contributed by atoms with van der Waals surface area (Å²) in [5.74, 6) is 0. The lowest BCUT2D eigenvalue weighted by atomic mass is 9.87. The third kappa shape index (κ3) is 3.18. The number of hydrogen-bond donors (Lipinski definition) is 1. The van der Waals surface area contributed by atoms with Crippen LogP contribution in [0.4, 0.5) is 0 Å². The molecule has 0 aliphatic rings. The van der Waals surface area contributed by atoms with Gasteiger partial charge in [0.1, 0.15) is 0 Å². The van der Waals surface area contributed by atoms with Crippen molar-refractivity contribution in [3.05, 3.63) is 40.7 Å². The Hall–Kier alpha value is -1.19. The summed E-state index contributed by atoms with van der Waals surface area (Å²) in [5, 5.41) is 13.1. The second kappa shape index (κ2) is 5.21. The lowest BCUT2D eigenvalue weighted by Crippen LogP contribution is -2.27. The van der Waals surface area contributed by atoms with Crippen LogP contribution >= 0.6 is 11.3 Å². The first-order valence-electron chi connectivity index (χ1n) is 6.15. The molecule has 3 heteroatoms. The summed E-state index contributed by atoms with van der Waals surface area (Å²) in [6, 6.07) is 10.1. The summed E-state index contributed by atoms with van der Waals surface area (Å²) < 4.78 is 0. The van der Waals surface area contributed by atoms with Gasteiger partial charge in [-0.25, -0.2) is 4.98 Å². The SMILES string of the molecule is CC(C)(C)C(O)Cc1nc(-c2ccccc2)cs1. The number of thiazole rings is 1. The van der Waals surface area contributed by atoms with Crippen molar-refractivity contribution < 1.29 is 5.11 Å². The average molecular weight is 261 g/mol. The van der Waals surface area contributed by atoms with Crippen molar-refractivity contribution in [3.63, 3.8) is 0 Å². The highest BCUT2D eigenvalue weighted by atomic mass is 32.1. The van der Waals surface area contributed by atoms with Crippen LogP contribution in [0.2, 0.25) is 0 Å². The summed E-state index contributed by atoms with van der Waals surface area (Å²) in [7, 11) is 0. The van der Waals surface area contributed by atoms with Crippen LogP contribution in [0.15, 0.2) is 35.7 Å². The van der Waals surface area contributed by atoms with E-state index in [4.69, 9.17) is 0 Å². The Balaban J connectivity index is 2.12. The van der Waals surface area contributed by atoms with E-state index in [2.05, 4.69) is 22.5 Å². The topological polar surface area (TPSA) is 33.1 Å². The predicted octanol–water partition coefficient (Wildman–Crippen LogP) is 3.76. The quantitative estimate of drug-likeness (QED) is 0.912. The zero-order valence-corrected chi connectivity index (χ0v) is 11.9. The van der Waals surface area contributed by atoms with Crippen molar-refractivity contribution in [2.24, 2.45) is 5.41 Å². The molecular formula is C15H19NOS. The predicted molar refractivity (Wildman–Crippen MR) is 76.7 cm³/mol. The van der Waals surface area contributed by atoms with Gasteiger partial charge < -0.3 is 5.11 Å². The minimum absolute atomic E-state index is 0.0986. The number of aliphatic hydroxyl groups is 1. The number of benzene rings is 1. The molecule has 2 aromatic rings. The first-order chi connectivity index (χ1) is 8.47. The second-order valence-corrected chi connectivity index (χ2v) is 6.52. The van der Waals surface area contributed by atoms with Crippen LogP contribution in [-0.4, -0.2) is 16.2 Å². The molecule has 2 rings (SSSR count). The Morgan fingerprint density at radius 3 is 2.50 bits per heavy atom. The highest BCUT2D eigenvalue weighted by molar-refractivity contribution is 7.09. The molecule has 0 amide bonds. The minimum Gasteiger partial charge on any atom is -0.392 e. The molecule has 1 aromatic heterocycles. The van der Waals surface area contributed by atoms with Crippen molar-refractivity contribution >= 4 is 11.3 Å². The van der Waals surface area contributed by atoms with Crippen molar-refractivity contribution in [2.45, 2.75) is 33.3 Å². The molecule has 1 N–H and O–H groups in total. The van der Waals surface area contributed by atoms with E-state index >= 15 is 0 Å². The van der Waals surface area contributed by atoms with E-state index < -0.39 is 0 Å². The van der Waals surface area contributed by atoms with E-state index in [0.29, 0.717) is 6.42 Å². The van der Waals surface area contributed by atoms with Crippen molar-refractivity contribution in [3.8, 4) is 11.3 Å². The third-order valence-electron chi connectivity index (χ3n) is 2.99. The Morgan fingerprint density at radius 2 is 1.89 bits per heavy atom. The van der Waals surface area contributed by atoms with Gasteiger partial charge in [-0.15, -0.1) is 11.3 Å².